The minimum absolute atomic E-state index is 0.693. The van der Waals surface area contributed by atoms with Gasteiger partial charge in [0, 0.05) is 17.2 Å². The lowest BCUT2D eigenvalue weighted by Gasteiger charge is -2.30. The third-order valence-electron chi connectivity index (χ3n) is 4.02. The Bertz CT molecular complexity index is 624. The normalized spacial score (nSPS) is 14.0. The number of hydrogen-bond acceptors (Lipinski definition) is 3. The molecule has 0 atom stereocenters. The second-order valence-corrected chi connectivity index (χ2v) is 7.53. The maximum Gasteiger partial charge on any atom is 0.119 e. The highest BCUT2D eigenvalue weighted by atomic mass is 32.2. The van der Waals surface area contributed by atoms with Crippen LogP contribution in [0.4, 0.5) is 5.69 Å². The number of thioether (sulfide) groups is 1. The van der Waals surface area contributed by atoms with Crippen molar-refractivity contribution in [1.29, 1.82) is 0 Å². The Morgan fingerprint density at radius 2 is 1.87 bits per heavy atom. The van der Waals surface area contributed by atoms with Crippen LogP contribution < -0.4 is 9.64 Å². The third-order valence-corrected chi connectivity index (χ3v) is 5.06. The highest BCUT2D eigenvalue weighted by Crippen LogP contribution is 2.33. The van der Waals surface area contributed by atoms with Crippen molar-refractivity contribution in [3.8, 4) is 5.75 Å². The summed E-state index contributed by atoms with van der Waals surface area (Å²) in [7, 11) is 0. The monoisotopic (exact) mass is 327 g/mol. The van der Waals surface area contributed by atoms with Gasteiger partial charge in [0.25, 0.3) is 0 Å². The minimum Gasteiger partial charge on any atom is -0.492 e. The van der Waals surface area contributed by atoms with Crippen LogP contribution in [0.3, 0.4) is 0 Å². The SMILES string of the molecule is CC(C)Cc1ccc(OCCN2CCSc3ccccc32)cc1. The molecule has 0 N–H and O–H groups in total. The molecular formula is C20H25NOS. The predicted octanol–water partition coefficient (Wildman–Crippen LogP) is 4.88. The van der Waals surface area contributed by atoms with Crippen LogP contribution in [0.5, 0.6) is 5.75 Å². The lowest BCUT2D eigenvalue weighted by atomic mass is 10.0. The van der Waals surface area contributed by atoms with Crippen LogP contribution in [-0.4, -0.2) is 25.4 Å². The summed E-state index contributed by atoms with van der Waals surface area (Å²) < 4.78 is 5.94. The summed E-state index contributed by atoms with van der Waals surface area (Å²) >= 11 is 1.95. The fourth-order valence-electron chi connectivity index (χ4n) is 2.93. The van der Waals surface area contributed by atoms with Crippen molar-refractivity contribution in [2.75, 3.05) is 30.3 Å². The molecule has 1 aliphatic heterocycles. The molecular weight excluding hydrogens is 302 g/mol. The van der Waals surface area contributed by atoms with Gasteiger partial charge in [0.05, 0.1) is 12.2 Å². The van der Waals surface area contributed by atoms with Crippen molar-refractivity contribution < 1.29 is 4.74 Å². The van der Waals surface area contributed by atoms with Gasteiger partial charge in [-0.3, -0.25) is 0 Å². The van der Waals surface area contributed by atoms with E-state index in [1.165, 1.54) is 16.1 Å². The Hall–Kier alpha value is -1.61. The van der Waals surface area contributed by atoms with Gasteiger partial charge in [0.15, 0.2) is 0 Å². The Morgan fingerprint density at radius 3 is 2.65 bits per heavy atom. The first kappa shape index (κ1) is 16.3. The van der Waals surface area contributed by atoms with Gasteiger partial charge in [-0.15, -0.1) is 11.8 Å². The van der Waals surface area contributed by atoms with Crippen molar-refractivity contribution in [1.82, 2.24) is 0 Å². The molecule has 0 aromatic heterocycles. The first-order valence-electron chi connectivity index (χ1n) is 8.41. The van der Waals surface area contributed by atoms with Crippen LogP contribution in [0.15, 0.2) is 53.4 Å². The van der Waals surface area contributed by atoms with Gasteiger partial charge in [0.2, 0.25) is 0 Å². The molecule has 0 saturated heterocycles. The molecule has 0 saturated carbocycles. The van der Waals surface area contributed by atoms with E-state index in [1.54, 1.807) is 0 Å². The maximum absolute atomic E-state index is 5.94. The lowest BCUT2D eigenvalue weighted by Crippen LogP contribution is -2.33. The summed E-state index contributed by atoms with van der Waals surface area (Å²) in [6, 6.07) is 17.2. The molecule has 0 unspecified atom stereocenters. The molecule has 0 amide bonds. The number of ether oxygens (including phenoxy) is 1. The lowest BCUT2D eigenvalue weighted by molar-refractivity contribution is 0.324. The second-order valence-electron chi connectivity index (χ2n) is 6.39. The van der Waals surface area contributed by atoms with Crippen molar-refractivity contribution in [3.05, 3.63) is 54.1 Å². The molecule has 1 aliphatic rings. The second kappa shape index (κ2) is 7.78. The number of nitrogens with zero attached hydrogens (tertiary/aromatic N) is 1. The van der Waals surface area contributed by atoms with Gasteiger partial charge in [-0.25, -0.2) is 0 Å². The molecule has 3 heteroatoms. The molecule has 3 rings (SSSR count). The predicted molar refractivity (Wildman–Crippen MR) is 99.9 cm³/mol. The van der Waals surface area contributed by atoms with E-state index in [0.29, 0.717) is 5.92 Å². The summed E-state index contributed by atoms with van der Waals surface area (Å²) in [5.41, 5.74) is 2.73. The Balaban J connectivity index is 1.52. The highest BCUT2D eigenvalue weighted by Gasteiger charge is 2.16. The van der Waals surface area contributed by atoms with E-state index in [2.05, 4.69) is 67.3 Å². The molecule has 0 spiro atoms. The Labute approximate surface area is 143 Å². The molecule has 0 bridgehead atoms. The molecule has 23 heavy (non-hydrogen) atoms. The van der Waals surface area contributed by atoms with Crippen LogP contribution in [-0.2, 0) is 6.42 Å². The summed E-state index contributed by atoms with van der Waals surface area (Å²) in [6.07, 6.45) is 1.13. The van der Waals surface area contributed by atoms with E-state index >= 15 is 0 Å². The fourth-order valence-corrected chi connectivity index (χ4v) is 3.98. The zero-order valence-corrected chi connectivity index (χ0v) is 14.8. The van der Waals surface area contributed by atoms with Gasteiger partial charge in [-0.2, -0.15) is 0 Å². The quantitative estimate of drug-likeness (QED) is 0.750. The van der Waals surface area contributed by atoms with E-state index in [1.807, 2.05) is 11.8 Å². The smallest absolute Gasteiger partial charge is 0.119 e. The zero-order valence-electron chi connectivity index (χ0n) is 14.0. The van der Waals surface area contributed by atoms with Crippen LogP contribution in [0.1, 0.15) is 19.4 Å². The Morgan fingerprint density at radius 1 is 1.09 bits per heavy atom. The third kappa shape index (κ3) is 4.44. The van der Waals surface area contributed by atoms with E-state index in [0.717, 1.165) is 37.6 Å². The largest absolute Gasteiger partial charge is 0.492 e. The maximum atomic E-state index is 5.94. The fraction of sp³-hybridized carbons (Fsp3) is 0.400. The van der Waals surface area contributed by atoms with Gasteiger partial charge < -0.3 is 9.64 Å². The van der Waals surface area contributed by atoms with Crippen molar-refractivity contribution >= 4 is 17.4 Å². The van der Waals surface area contributed by atoms with Crippen LogP contribution in [0, 0.1) is 5.92 Å². The standard InChI is InChI=1S/C20H25NOS/c1-16(2)15-17-7-9-18(10-8-17)22-13-11-21-12-14-23-20-6-4-3-5-19(20)21/h3-10,16H,11-15H2,1-2H3. The first-order valence-corrected chi connectivity index (χ1v) is 9.39. The summed E-state index contributed by atoms with van der Waals surface area (Å²) in [5.74, 6) is 2.82. The molecule has 0 aliphatic carbocycles. The van der Waals surface area contributed by atoms with Gasteiger partial charge in [0.1, 0.15) is 12.4 Å². The van der Waals surface area contributed by atoms with E-state index in [9.17, 15) is 0 Å². The van der Waals surface area contributed by atoms with E-state index < -0.39 is 0 Å². The molecule has 122 valence electrons. The number of para-hydroxylation sites is 1. The van der Waals surface area contributed by atoms with Gasteiger partial charge in [-0.1, -0.05) is 38.1 Å². The molecule has 0 radical (unpaired) electrons. The molecule has 2 nitrogen and oxygen atoms in total. The number of anilines is 1. The average Bonchev–Trinajstić information content (AvgIpc) is 2.56. The summed E-state index contributed by atoms with van der Waals surface area (Å²) in [6.45, 7) is 7.25. The summed E-state index contributed by atoms with van der Waals surface area (Å²) in [4.78, 5) is 3.82. The zero-order chi connectivity index (χ0) is 16.1. The molecule has 2 aromatic carbocycles. The van der Waals surface area contributed by atoms with Crippen LogP contribution in [0.2, 0.25) is 0 Å². The number of benzene rings is 2. The van der Waals surface area contributed by atoms with Crippen molar-refractivity contribution in [2.24, 2.45) is 5.92 Å². The summed E-state index contributed by atoms with van der Waals surface area (Å²) in [5, 5.41) is 0. The molecule has 1 heterocycles. The Kier molecular flexibility index (Phi) is 5.50. The van der Waals surface area contributed by atoms with Gasteiger partial charge >= 0.3 is 0 Å². The average molecular weight is 327 g/mol. The van der Waals surface area contributed by atoms with Crippen molar-refractivity contribution in [2.45, 2.75) is 25.2 Å². The topological polar surface area (TPSA) is 12.5 Å². The number of rotatable bonds is 6. The van der Waals surface area contributed by atoms with E-state index in [-0.39, 0.29) is 0 Å². The molecule has 0 fully saturated rings. The number of fused-ring (bicyclic) bond motifs is 1. The van der Waals surface area contributed by atoms with Crippen LogP contribution in [0.25, 0.3) is 0 Å². The minimum atomic E-state index is 0.693. The van der Waals surface area contributed by atoms with Gasteiger partial charge in [-0.05, 0) is 42.2 Å². The molecule has 2 aromatic rings. The first-order chi connectivity index (χ1) is 11.2. The van der Waals surface area contributed by atoms with E-state index in [4.69, 9.17) is 4.74 Å². The van der Waals surface area contributed by atoms with Crippen LogP contribution >= 0.6 is 11.8 Å². The van der Waals surface area contributed by atoms with Crippen molar-refractivity contribution in [3.63, 3.8) is 0 Å². The number of hydrogen-bond donors (Lipinski definition) is 0. The highest BCUT2D eigenvalue weighted by molar-refractivity contribution is 7.99.